The molecule has 0 aromatic heterocycles. The quantitative estimate of drug-likeness (QED) is 0.898. The lowest BCUT2D eigenvalue weighted by atomic mass is 10.1. The molecule has 0 atom stereocenters. The molecule has 1 saturated heterocycles. The number of thioether (sulfide) groups is 1. The summed E-state index contributed by atoms with van der Waals surface area (Å²) in [6.07, 6.45) is 0. The number of nitrogens with one attached hydrogen (secondary N) is 1. The van der Waals surface area contributed by atoms with Crippen LogP contribution in [0.1, 0.15) is 31.9 Å². The molecule has 1 fully saturated rings. The van der Waals surface area contributed by atoms with Crippen LogP contribution in [-0.4, -0.2) is 35.0 Å². The monoisotopic (exact) mass is 296 g/mol. The van der Waals surface area contributed by atoms with E-state index in [4.69, 9.17) is 0 Å². The lowest BCUT2D eigenvalue weighted by Crippen LogP contribution is -2.42. The molecule has 1 aromatic carbocycles. The molecule has 1 heterocycles. The number of rotatable bonds is 5. The highest BCUT2D eigenvalue weighted by atomic mass is 32.2. The average Bonchev–Trinajstić information content (AvgIpc) is 2.38. The molecule has 0 radical (unpaired) electrons. The molecule has 0 saturated carbocycles. The molecule has 0 amide bonds. The van der Waals surface area contributed by atoms with Crippen LogP contribution in [0.3, 0.4) is 0 Å². The van der Waals surface area contributed by atoms with Crippen LogP contribution in [0.4, 0.5) is 4.39 Å². The fourth-order valence-electron chi connectivity index (χ4n) is 2.62. The third-order valence-electron chi connectivity index (χ3n) is 3.59. The van der Waals surface area contributed by atoms with Crippen LogP contribution in [0.15, 0.2) is 18.2 Å². The van der Waals surface area contributed by atoms with E-state index in [0.29, 0.717) is 0 Å². The molecule has 4 heteroatoms. The Labute approximate surface area is 126 Å². The zero-order chi connectivity index (χ0) is 14.6. The van der Waals surface area contributed by atoms with Gasteiger partial charge in [-0.25, -0.2) is 4.39 Å². The van der Waals surface area contributed by atoms with E-state index in [1.807, 2.05) is 23.9 Å². The third-order valence-corrected chi connectivity index (χ3v) is 4.89. The smallest absolute Gasteiger partial charge is 0.127 e. The average molecular weight is 296 g/mol. The summed E-state index contributed by atoms with van der Waals surface area (Å²) >= 11 is 2.01. The summed E-state index contributed by atoms with van der Waals surface area (Å²) < 4.78 is 14.3. The van der Waals surface area contributed by atoms with Gasteiger partial charge < -0.3 is 5.32 Å². The van der Waals surface area contributed by atoms with Gasteiger partial charge in [0.05, 0.1) is 0 Å². The molecule has 0 aliphatic carbocycles. The topological polar surface area (TPSA) is 15.3 Å². The standard InChI is InChI=1S/C16H25FN2S/c1-4-18-10-13-5-6-15(17)14(9-13)11-19-7-8-20-16(2,3)12-19/h5-6,9,18H,4,7-8,10-12H2,1-3H3. The van der Waals surface area contributed by atoms with Gasteiger partial charge in [0, 0.05) is 42.2 Å². The van der Waals surface area contributed by atoms with Crippen molar-refractivity contribution in [1.29, 1.82) is 0 Å². The van der Waals surface area contributed by atoms with E-state index in [1.165, 1.54) is 0 Å². The minimum absolute atomic E-state index is 0.0821. The highest BCUT2D eigenvalue weighted by Crippen LogP contribution is 2.30. The number of benzene rings is 1. The second-order valence-corrected chi connectivity index (χ2v) is 7.83. The minimum atomic E-state index is -0.0821. The summed E-state index contributed by atoms with van der Waals surface area (Å²) in [6, 6.07) is 5.48. The molecular weight excluding hydrogens is 271 g/mol. The van der Waals surface area contributed by atoms with Gasteiger partial charge in [0.25, 0.3) is 0 Å². The second kappa shape index (κ2) is 6.92. The zero-order valence-corrected chi connectivity index (χ0v) is 13.5. The molecular formula is C16H25FN2S. The fourth-order valence-corrected chi connectivity index (χ4v) is 3.79. The number of halogens is 1. The first kappa shape index (κ1) is 15.8. The predicted molar refractivity (Wildman–Crippen MR) is 85.6 cm³/mol. The van der Waals surface area contributed by atoms with Gasteiger partial charge in [-0.15, -0.1) is 0 Å². The fraction of sp³-hybridized carbons (Fsp3) is 0.625. The molecule has 20 heavy (non-hydrogen) atoms. The molecule has 1 N–H and O–H groups in total. The molecule has 0 bridgehead atoms. The van der Waals surface area contributed by atoms with Crippen molar-refractivity contribution < 1.29 is 4.39 Å². The van der Waals surface area contributed by atoms with Crippen molar-refractivity contribution >= 4 is 11.8 Å². The Balaban J connectivity index is 2.04. The Bertz CT molecular complexity index is 448. The molecule has 1 aromatic rings. The Hall–Kier alpha value is -0.580. The number of hydrogen-bond donors (Lipinski definition) is 1. The van der Waals surface area contributed by atoms with Crippen LogP contribution in [0, 0.1) is 5.82 Å². The normalized spacial score (nSPS) is 19.2. The first-order chi connectivity index (χ1) is 9.50. The van der Waals surface area contributed by atoms with Crippen molar-refractivity contribution in [3.63, 3.8) is 0 Å². The maximum absolute atomic E-state index is 14.0. The first-order valence-corrected chi connectivity index (χ1v) is 8.33. The van der Waals surface area contributed by atoms with Gasteiger partial charge in [-0.2, -0.15) is 11.8 Å². The van der Waals surface area contributed by atoms with E-state index < -0.39 is 0 Å². The van der Waals surface area contributed by atoms with E-state index in [9.17, 15) is 4.39 Å². The Kier molecular flexibility index (Phi) is 5.47. The van der Waals surface area contributed by atoms with Gasteiger partial charge in [-0.05, 0) is 32.0 Å². The van der Waals surface area contributed by atoms with Gasteiger partial charge in [-0.1, -0.05) is 19.1 Å². The van der Waals surface area contributed by atoms with E-state index in [1.54, 1.807) is 6.07 Å². The van der Waals surface area contributed by atoms with Gasteiger partial charge in [0.2, 0.25) is 0 Å². The molecule has 2 nitrogen and oxygen atoms in total. The Morgan fingerprint density at radius 1 is 1.40 bits per heavy atom. The first-order valence-electron chi connectivity index (χ1n) is 7.34. The lowest BCUT2D eigenvalue weighted by molar-refractivity contribution is 0.249. The van der Waals surface area contributed by atoms with E-state index in [0.717, 1.165) is 49.6 Å². The van der Waals surface area contributed by atoms with Gasteiger partial charge in [0.15, 0.2) is 0 Å². The van der Waals surface area contributed by atoms with Crippen LogP contribution in [0.2, 0.25) is 0 Å². The predicted octanol–water partition coefficient (Wildman–Crippen LogP) is 3.26. The van der Waals surface area contributed by atoms with Crippen LogP contribution in [-0.2, 0) is 13.1 Å². The van der Waals surface area contributed by atoms with Crippen molar-refractivity contribution in [2.75, 3.05) is 25.4 Å². The van der Waals surface area contributed by atoms with E-state index >= 15 is 0 Å². The number of nitrogens with zero attached hydrogens (tertiary/aromatic N) is 1. The lowest BCUT2D eigenvalue weighted by Gasteiger charge is -2.37. The minimum Gasteiger partial charge on any atom is -0.313 e. The molecule has 0 spiro atoms. The van der Waals surface area contributed by atoms with Crippen molar-refractivity contribution in [2.45, 2.75) is 38.6 Å². The molecule has 112 valence electrons. The molecule has 1 aliphatic heterocycles. The summed E-state index contributed by atoms with van der Waals surface area (Å²) in [4.78, 5) is 2.37. The second-order valence-electron chi connectivity index (χ2n) is 6.02. The van der Waals surface area contributed by atoms with E-state index in [2.05, 4.69) is 31.0 Å². The van der Waals surface area contributed by atoms with Crippen molar-refractivity contribution in [2.24, 2.45) is 0 Å². The third kappa shape index (κ3) is 4.47. The van der Waals surface area contributed by atoms with Crippen LogP contribution in [0.25, 0.3) is 0 Å². The van der Waals surface area contributed by atoms with Gasteiger partial charge in [-0.3, -0.25) is 4.90 Å². The summed E-state index contributed by atoms with van der Waals surface area (Å²) in [5.41, 5.74) is 1.98. The highest BCUT2D eigenvalue weighted by molar-refractivity contribution is 8.00. The van der Waals surface area contributed by atoms with Crippen LogP contribution < -0.4 is 5.32 Å². The zero-order valence-electron chi connectivity index (χ0n) is 12.7. The van der Waals surface area contributed by atoms with Gasteiger partial charge >= 0.3 is 0 Å². The Morgan fingerprint density at radius 2 is 2.20 bits per heavy atom. The summed E-state index contributed by atoms with van der Waals surface area (Å²) in [7, 11) is 0. The van der Waals surface area contributed by atoms with Crippen LogP contribution >= 0.6 is 11.8 Å². The van der Waals surface area contributed by atoms with Crippen molar-refractivity contribution in [3.8, 4) is 0 Å². The maximum atomic E-state index is 14.0. The summed E-state index contributed by atoms with van der Waals surface area (Å²) in [5, 5.41) is 3.29. The van der Waals surface area contributed by atoms with Crippen LogP contribution in [0.5, 0.6) is 0 Å². The van der Waals surface area contributed by atoms with Gasteiger partial charge in [0.1, 0.15) is 5.82 Å². The Morgan fingerprint density at radius 3 is 2.90 bits per heavy atom. The SMILES string of the molecule is CCNCc1ccc(F)c(CN2CCSC(C)(C)C2)c1. The molecule has 0 unspecified atom stereocenters. The molecule has 2 rings (SSSR count). The largest absolute Gasteiger partial charge is 0.313 e. The van der Waals surface area contributed by atoms with Crippen molar-refractivity contribution in [1.82, 2.24) is 10.2 Å². The maximum Gasteiger partial charge on any atom is 0.127 e. The summed E-state index contributed by atoms with van der Waals surface area (Å²) in [6.45, 7) is 11.1. The van der Waals surface area contributed by atoms with Crippen molar-refractivity contribution in [3.05, 3.63) is 35.1 Å². The molecule has 1 aliphatic rings. The number of hydrogen-bond acceptors (Lipinski definition) is 3. The van der Waals surface area contributed by atoms with E-state index in [-0.39, 0.29) is 10.6 Å². The summed E-state index contributed by atoms with van der Waals surface area (Å²) in [5.74, 6) is 1.05. The highest BCUT2D eigenvalue weighted by Gasteiger charge is 2.27.